The number of likely N-dealkylation sites (tertiary alicyclic amines) is 1. The Bertz CT molecular complexity index is 869. The monoisotopic (exact) mass is 439 g/mol. The second-order valence-electron chi connectivity index (χ2n) is 7.27. The molecule has 1 N–H and O–H groups in total. The summed E-state index contributed by atoms with van der Waals surface area (Å²) in [6.45, 7) is 3.11. The van der Waals surface area contributed by atoms with E-state index in [9.17, 15) is 22.8 Å². The van der Waals surface area contributed by atoms with E-state index >= 15 is 0 Å². The van der Waals surface area contributed by atoms with Gasteiger partial charge < -0.3 is 15.0 Å². The van der Waals surface area contributed by atoms with Crippen LogP contribution in [0.4, 0.5) is 5.69 Å². The van der Waals surface area contributed by atoms with Crippen molar-refractivity contribution in [3.8, 4) is 0 Å². The van der Waals surface area contributed by atoms with Gasteiger partial charge in [-0.3, -0.25) is 14.4 Å². The number of carbonyl (C=O) groups excluding carboxylic acids is 3. The van der Waals surface area contributed by atoms with Crippen molar-refractivity contribution < 1.29 is 27.5 Å². The molecule has 1 atom stereocenters. The Morgan fingerprint density at radius 2 is 1.87 bits per heavy atom. The van der Waals surface area contributed by atoms with Crippen molar-refractivity contribution in [1.82, 2.24) is 9.21 Å². The standard InChI is InChI=1S/C20H29N3O6S/c1-4-17-7-5-6-12-23(17)19(25)14-29-20(26)13-22(3)30(27,28)18-10-8-16(9-11-18)21-15(2)24/h8-11,17H,4-7,12-14H2,1-3H3,(H,21,24)/t17-/m0/s1. The number of amides is 2. The minimum Gasteiger partial charge on any atom is -0.455 e. The van der Waals surface area contributed by atoms with Gasteiger partial charge in [-0.05, 0) is 49.9 Å². The molecule has 1 aromatic carbocycles. The fraction of sp³-hybridized carbons (Fsp3) is 0.550. The first-order valence-corrected chi connectivity index (χ1v) is 11.4. The molecular weight excluding hydrogens is 410 g/mol. The Morgan fingerprint density at radius 3 is 2.47 bits per heavy atom. The van der Waals surface area contributed by atoms with E-state index in [2.05, 4.69) is 5.32 Å². The number of nitrogens with zero attached hydrogens (tertiary/aromatic N) is 2. The van der Waals surface area contributed by atoms with Gasteiger partial charge in [0.25, 0.3) is 5.91 Å². The number of anilines is 1. The van der Waals surface area contributed by atoms with E-state index in [1.54, 1.807) is 4.90 Å². The van der Waals surface area contributed by atoms with Crippen LogP contribution in [-0.2, 0) is 29.1 Å². The van der Waals surface area contributed by atoms with Crippen LogP contribution >= 0.6 is 0 Å². The highest BCUT2D eigenvalue weighted by Crippen LogP contribution is 2.20. The molecule has 10 heteroatoms. The summed E-state index contributed by atoms with van der Waals surface area (Å²) in [5.41, 5.74) is 0.463. The van der Waals surface area contributed by atoms with Crippen molar-refractivity contribution >= 4 is 33.5 Å². The molecule has 1 aromatic rings. The van der Waals surface area contributed by atoms with Gasteiger partial charge in [0.1, 0.15) is 6.54 Å². The molecule has 2 amide bonds. The first kappa shape index (κ1) is 23.8. The van der Waals surface area contributed by atoms with Crippen LogP contribution in [0, 0.1) is 0 Å². The summed E-state index contributed by atoms with van der Waals surface area (Å²) in [5.74, 6) is -1.32. The fourth-order valence-corrected chi connectivity index (χ4v) is 4.50. The number of likely N-dealkylation sites (N-methyl/N-ethyl adjacent to an activating group) is 1. The lowest BCUT2D eigenvalue weighted by atomic mass is 10.00. The molecule has 0 bridgehead atoms. The maximum absolute atomic E-state index is 12.6. The molecular formula is C20H29N3O6S. The zero-order valence-electron chi connectivity index (χ0n) is 17.6. The molecule has 0 aromatic heterocycles. The third-order valence-electron chi connectivity index (χ3n) is 5.01. The zero-order chi connectivity index (χ0) is 22.3. The Hall–Kier alpha value is -2.46. The van der Waals surface area contributed by atoms with Crippen LogP contribution in [0.15, 0.2) is 29.2 Å². The lowest BCUT2D eigenvalue weighted by Gasteiger charge is -2.35. The predicted octanol–water partition coefficient (Wildman–Crippen LogP) is 1.60. The lowest BCUT2D eigenvalue weighted by molar-refractivity contribution is -0.153. The van der Waals surface area contributed by atoms with Gasteiger partial charge >= 0.3 is 5.97 Å². The van der Waals surface area contributed by atoms with Gasteiger partial charge in [-0.1, -0.05) is 6.92 Å². The van der Waals surface area contributed by atoms with Gasteiger partial charge in [0.2, 0.25) is 15.9 Å². The van der Waals surface area contributed by atoms with Gasteiger partial charge in [0, 0.05) is 32.2 Å². The number of hydrogen-bond acceptors (Lipinski definition) is 6. The minimum atomic E-state index is -3.93. The third-order valence-corrected chi connectivity index (χ3v) is 6.83. The molecule has 1 fully saturated rings. The number of rotatable bonds is 8. The number of nitrogens with one attached hydrogen (secondary N) is 1. The molecule has 0 saturated carbocycles. The van der Waals surface area contributed by atoms with Crippen LogP contribution in [-0.4, -0.2) is 68.2 Å². The fourth-order valence-electron chi connectivity index (χ4n) is 3.38. The number of sulfonamides is 1. The SMILES string of the molecule is CC[C@H]1CCCCN1C(=O)COC(=O)CN(C)S(=O)(=O)c1ccc(NC(C)=O)cc1. The lowest BCUT2D eigenvalue weighted by Crippen LogP contribution is -2.45. The molecule has 30 heavy (non-hydrogen) atoms. The number of piperidine rings is 1. The van der Waals surface area contributed by atoms with E-state index in [-0.39, 0.29) is 22.8 Å². The number of esters is 1. The highest BCUT2D eigenvalue weighted by Gasteiger charge is 2.27. The average Bonchev–Trinajstić information content (AvgIpc) is 2.71. The second kappa shape index (κ2) is 10.5. The van der Waals surface area contributed by atoms with Crippen molar-refractivity contribution in [3.63, 3.8) is 0 Å². The van der Waals surface area contributed by atoms with Crippen molar-refractivity contribution in [2.45, 2.75) is 50.5 Å². The van der Waals surface area contributed by atoms with E-state index in [1.807, 2.05) is 6.92 Å². The largest absolute Gasteiger partial charge is 0.455 e. The van der Waals surface area contributed by atoms with Crippen molar-refractivity contribution in [1.29, 1.82) is 0 Å². The zero-order valence-corrected chi connectivity index (χ0v) is 18.4. The number of carbonyl (C=O) groups is 3. The van der Waals surface area contributed by atoms with Crippen LogP contribution < -0.4 is 5.32 Å². The summed E-state index contributed by atoms with van der Waals surface area (Å²) in [6.07, 6.45) is 3.80. The van der Waals surface area contributed by atoms with E-state index < -0.39 is 29.1 Å². The molecule has 2 rings (SSSR count). The summed E-state index contributed by atoms with van der Waals surface area (Å²) in [4.78, 5) is 37.2. The maximum atomic E-state index is 12.6. The average molecular weight is 440 g/mol. The number of ether oxygens (including phenoxy) is 1. The molecule has 1 heterocycles. The number of hydrogen-bond donors (Lipinski definition) is 1. The van der Waals surface area contributed by atoms with E-state index in [4.69, 9.17) is 4.74 Å². The molecule has 0 radical (unpaired) electrons. The van der Waals surface area contributed by atoms with Gasteiger partial charge in [0.05, 0.1) is 4.90 Å². The normalized spacial score (nSPS) is 16.9. The van der Waals surface area contributed by atoms with Crippen LogP contribution in [0.2, 0.25) is 0 Å². The summed E-state index contributed by atoms with van der Waals surface area (Å²) in [6, 6.07) is 5.76. The van der Waals surface area contributed by atoms with Crippen LogP contribution in [0.25, 0.3) is 0 Å². The molecule has 166 valence electrons. The van der Waals surface area contributed by atoms with Crippen LogP contribution in [0.1, 0.15) is 39.5 Å². The molecule has 1 aliphatic rings. The van der Waals surface area contributed by atoms with E-state index in [0.717, 1.165) is 30.0 Å². The van der Waals surface area contributed by atoms with E-state index in [1.165, 1.54) is 38.2 Å². The smallest absolute Gasteiger partial charge is 0.321 e. The topological polar surface area (TPSA) is 113 Å². The molecule has 9 nitrogen and oxygen atoms in total. The molecule has 0 unspecified atom stereocenters. The van der Waals surface area contributed by atoms with Gasteiger partial charge in [-0.15, -0.1) is 0 Å². The summed E-state index contributed by atoms with van der Waals surface area (Å²) in [7, 11) is -2.66. The Balaban J connectivity index is 1.90. The van der Waals surface area contributed by atoms with Crippen LogP contribution in [0.3, 0.4) is 0 Å². The summed E-state index contributed by atoms with van der Waals surface area (Å²) < 4.78 is 31.1. The molecule has 1 saturated heterocycles. The van der Waals surface area contributed by atoms with Gasteiger partial charge in [-0.2, -0.15) is 4.31 Å². The van der Waals surface area contributed by atoms with Crippen molar-refractivity contribution in [2.75, 3.05) is 32.1 Å². The van der Waals surface area contributed by atoms with Crippen molar-refractivity contribution in [3.05, 3.63) is 24.3 Å². The van der Waals surface area contributed by atoms with E-state index in [0.29, 0.717) is 12.2 Å². The third kappa shape index (κ3) is 6.27. The first-order valence-electron chi connectivity index (χ1n) is 9.94. The highest BCUT2D eigenvalue weighted by molar-refractivity contribution is 7.89. The molecule has 0 aliphatic carbocycles. The Kier molecular flexibility index (Phi) is 8.36. The van der Waals surface area contributed by atoms with Crippen LogP contribution in [0.5, 0.6) is 0 Å². The Labute approximate surface area is 177 Å². The van der Waals surface area contributed by atoms with Gasteiger partial charge in [-0.25, -0.2) is 8.42 Å². The maximum Gasteiger partial charge on any atom is 0.321 e. The number of benzene rings is 1. The molecule has 0 spiro atoms. The van der Waals surface area contributed by atoms with Crippen molar-refractivity contribution in [2.24, 2.45) is 0 Å². The minimum absolute atomic E-state index is 0.0258. The first-order chi connectivity index (χ1) is 14.1. The summed E-state index contributed by atoms with van der Waals surface area (Å²) in [5, 5.41) is 2.55. The quantitative estimate of drug-likeness (QED) is 0.616. The second-order valence-corrected chi connectivity index (χ2v) is 9.32. The Morgan fingerprint density at radius 1 is 1.20 bits per heavy atom. The summed E-state index contributed by atoms with van der Waals surface area (Å²) >= 11 is 0. The van der Waals surface area contributed by atoms with Gasteiger partial charge in [0.15, 0.2) is 6.61 Å². The highest BCUT2D eigenvalue weighted by atomic mass is 32.2. The molecule has 1 aliphatic heterocycles. The predicted molar refractivity (Wildman–Crippen MR) is 111 cm³/mol.